The highest BCUT2D eigenvalue weighted by Crippen LogP contribution is 2.60. The number of carbonyl (C=O) groups excluding carboxylic acids is 1. The first-order chi connectivity index (χ1) is 13.4. The van der Waals surface area contributed by atoms with Crippen LogP contribution >= 0.6 is 0 Å². The van der Waals surface area contributed by atoms with Gasteiger partial charge in [-0.05, 0) is 91.7 Å². The summed E-state index contributed by atoms with van der Waals surface area (Å²) in [6.45, 7) is 4.21. The van der Waals surface area contributed by atoms with Crippen molar-refractivity contribution in [1.82, 2.24) is 9.78 Å². The third kappa shape index (κ3) is 2.50. The van der Waals surface area contributed by atoms with Crippen molar-refractivity contribution in [2.45, 2.75) is 51.9 Å². The highest BCUT2D eigenvalue weighted by Gasteiger charge is 2.56. The Labute approximate surface area is 166 Å². The number of rotatable bonds is 1. The number of ketones is 1. The van der Waals surface area contributed by atoms with Crippen molar-refractivity contribution in [2.24, 2.45) is 24.3 Å². The maximum absolute atomic E-state index is 13.4. The van der Waals surface area contributed by atoms with Crippen LogP contribution in [0.25, 0.3) is 6.08 Å². The molecule has 1 aromatic heterocycles. The van der Waals surface area contributed by atoms with E-state index in [0.717, 1.165) is 48.9 Å². The van der Waals surface area contributed by atoms with E-state index in [9.17, 15) is 9.90 Å². The maximum Gasteiger partial charge on any atom is 0.165 e. The van der Waals surface area contributed by atoms with Gasteiger partial charge in [0.15, 0.2) is 5.78 Å². The molecule has 3 aliphatic carbocycles. The van der Waals surface area contributed by atoms with E-state index >= 15 is 0 Å². The Kier molecular flexibility index (Phi) is 3.84. The number of carbonyl (C=O) groups is 1. The molecular weight excluding hydrogens is 348 g/mol. The third-order valence-corrected chi connectivity index (χ3v) is 7.73. The number of aromatic hydroxyl groups is 1. The van der Waals surface area contributed by atoms with Gasteiger partial charge in [0.1, 0.15) is 5.75 Å². The molecule has 4 nitrogen and oxygen atoms in total. The average molecular weight is 377 g/mol. The zero-order chi connectivity index (χ0) is 19.6. The summed E-state index contributed by atoms with van der Waals surface area (Å²) < 4.78 is 1.82. The van der Waals surface area contributed by atoms with E-state index in [4.69, 9.17) is 0 Å². The average Bonchev–Trinajstić information content (AvgIpc) is 3.11. The van der Waals surface area contributed by atoms with Gasteiger partial charge in [0, 0.05) is 24.2 Å². The second-order valence-electron chi connectivity index (χ2n) is 9.30. The second-order valence-corrected chi connectivity index (χ2v) is 9.30. The summed E-state index contributed by atoms with van der Waals surface area (Å²) >= 11 is 0. The minimum atomic E-state index is -0.225. The highest BCUT2D eigenvalue weighted by molar-refractivity contribution is 6.06. The summed E-state index contributed by atoms with van der Waals surface area (Å²) in [5.41, 5.74) is 5.51. The number of nitrogens with zero attached hydrogens (tertiary/aromatic N) is 2. The molecule has 0 spiro atoms. The molecular formula is C24H28N2O2. The van der Waals surface area contributed by atoms with Crippen LogP contribution in [0.1, 0.15) is 60.9 Å². The van der Waals surface area contributed by atoms with Crippen molar-refractivity contribution in [1.29, 1.82) is 0 Å². The van der Waals surface area contributed by atoms with Gasteiger partial charge >= 0.3 is 0 Å². The lowest BCUT2D eigenvalue weighted by Crippen LogP contribution is -2.42. The van der Waals surface area contributed by atoms with Crippen molar-refractivity contribution in [3.8, 4) is 5.75 Å². The van der Waals surface area contributed by atoms with Crippen LogP contribution in [0.4, 0.5) is 0 Å². The van der Waals surface area contributed by atoms with Gasteiger partial charge in [-0.2, -0.15) is 5.10 Å². The number of benzene rings is 1. The number of aromatic nitrogens is 2. The van der Waals surface area contributed by atoms with Crippen LogP contribution in [0, 0.1) is 24.2 Å². The lowest BCUT2D eigenvalue weighted by atomic mass is 9.55. The van der Waals surface area contributed by atoms with E-state index in [0.29, 0.717) is 29.3 Å². The Balaban J connectivity index is 1.50. The number of fused-ring (bicyclic) bond motifs is 5. The Morgan fingerprint density at radius 3 is 2.89 bits per heavy atom. The topological polar surface area (TPSA) is 55.1 Å². The Hall–Kier alpha value is -2.36. The van der Waals surface area contributed by atoms with Crippen molar-refractivity contribution >= 4 is 11.9 Å². The van der Waals surface area contributed by atoms with Gasteiger partial charge < -0.3 is 5.11 Å². The maximum atomic E-state index is 13.4. The quantitative estimate of drug-likeness (QED) is 0.743. The summed E-state index contributed by atoms with van der Waals surface area (Å²) in [7, 11) is 1.93. The van der Waals surface area contributed by atoms with E-state index in [1.165, 1.54) is 11.1 Å². The molecule has 4 atom stereocenters. The minimum Gasteiger partial charge on any atom is -0.508 e. The molecule has 2 fully saturated rings. The van der Waals surface area contributed by atoms with E-state index < -0.39 is 0 Å². The molecule has 2 saturated carbocycles. The lowest BCUT2D eigenvalue weighted by Gasteiger charge is -2.48. The second kappa shape index (κ2) is 6.07. The molecule has 4 heteroatoms. The van der Waals surface area contributed by atoms with Crippen molar-refractivity contribution in [3.05, 3.63) is 52.4 Å². The van der Waals surface area contributed by atoms with Gasteiger partial charge in [-0.15, -0.1) is 0 Å². The van der Waals surface area contributed by atoms with Crippen LogP contribution < -0.4 is 0 Å². The largest absolute Gasteiger partial charge is 0.508 e. The SMILES string of the molecule is Cc1nn(C)cc1/C=C1/C[C@@H]2[C@@H]3CCc4cc(O)ccc4[C@@H]3CC[C@@]2(C)C1=O. The van der Waals surface area contributed by atoms with Crippen molar-refractivity contribution in [3.63, 3.8) is 0 Å². The molecule has 5 rings (SSSR count). The molecule has 0 aliphatic heterocycles. The highest BCUT2D eigenvalue weighted by atomic mass is 16.3. The molecule has 1 N–H and O–H groups in total. The molecule has 28 heavy (non-hydrogen) atoms. The number of Topliss-reactive ketones (excluding diaryl/α,β-unsaturated/α-hetero) is 1. The van der Waals surface area contributed by atoms with E-state index in [2.05, 4.69) is 24.2 Å². The molecule has 1 heterocycles. The molecule has 146 valence electrons. The molecule has 1 aromatic carbocycles. The Morgan fingerprint density at radius 2 is 2.14 bits per heavy atom. The number of hydrogen-bond acceptors (Lipinski definition) is 3. The number of allylic oxidation sites excluding steroid dienone is 1. The fourth-order valence-corrected chi connectivity index (χ4v) is 6.32. The zero-order valence-corrected chi connectivity index (χ0v) is 16.9. The standard InChI is InChI=1S/C24H28N2O2/c1-14-17(13-26(3)25-14)10-16-12-22-21-6-4-15-11-18(27)5-7-19(15)20(21)8-9-24(22,2)23(16)28/h5,7,10-11,13,20-22,27H,4,6,8-9,12H2,1-3H3/b16-10-/t20-,21+,22+,24+/m0/s1. The fourth-order valence-electron chi connectivity index (χ4n) is 6.32. The van der Waals surface area contributed by atoms with Crippen molar-refractivity contribution in [2.75, 3.05) is 0 Å². The molecule has 2 aromatic rings. The summed E-state index contributed by atoms with van der Waals surface area (Å²) in [6, 6.07) is 5.89. The first-order valence-electron chi connectivity index (χ1n) is 10.4. The molecule has 3 aliphatic rings. The van der Waals surface area contributed by atoms with Crippen molar-refractivity contribution < 1.29 is 9.90 Å². The summed E-state index contributed by atoms with van der Waals surface area (Å²) in [4.78, 5) is 13.4. The summed E-state index contributed by atoms with van der Waals surface area (Å²) in [5.74, 6) is 2.22. The zero-order valence-electron chi connectivity index (χ0n) is 16.9. The summed E-state index contributed by atoms with van der Waals surface area (Å²) in [5, 5.41) is 14.3. The molecule has 0 saturated heterocycles. The fraction of sp³-hybridized carbons (Fsp3) is 0.500. The third-order valence-electron chi connectivity index (χ3n) is 7.73. The molecule has 0 bridgehead atoms. The molecule has 0 radical (unpaired) electrons. The van der Waals surface area contributed by atoms with Gasteiger partial charge in [-0.25, -0.2) is 0 Å². The first-order valence-corrected chi connectivity index (χ1v) is 10.4. The normalized spacial score (nSPS) is 32.9. The van der Waals surface area contributed by atoms with Crippen LogP contribution in [0.15, 0.2) is 30.0 Å². The molecule has 0 amide bonds. The number of hydrogen-bond donors (Lipinski definition) is 1. The van der Waals surface area contributed by atoms with Crippen LogP contribution in [0.5, 0.6) is 5.75 Å². The van der Waals surface area contributed by atoms with Crippen LogP contribution in [0.3, 0.4) is 0 Å². The van der Waals surface area contributed by atoms with Gasteiger partial charge in [-0.3, -0.25) is 9.48 Å². The summed E-state index contributed by atoms with van der Waals surface area (Å²) in [6.07, 6.45) is 9.14. The molecule has 0 unspecified atom stereocenters. The van der Waals surface area contributed by atoms with Gasteiger partial charge in [0.05, 0.1) is 5.69 Å². The first kappa shape index (κ1) is 17.7. The van der Waals surface area contributed by atoms with E-state index in [1.807, 2.05) is 37.0 Å². The van der Waals surface area contributed by atoms with Crippen LogP contribution in [0.2, 0.25) is 0 Å². The van der Waals surface area contributed by atoms with Gasteiger partial charge in [-0.1, -0.05) is 13.0 Å². The lowest BCUT2D eigenvalue weighted by molar-refractivity contribution is -0.127. The van der Waals surface area contributed by atoms with Gasteiger partial charge in [0.2, 0.25) is 0 Å². The van der Waals surface area contributed by atoms with E-state index in [1.54, 1.807) is 0 Å². The van der Waals surface area contributed by atoms with Gasteiger partial charge in [0.25, 0.3) is 0 Å². The number of phenols is 1. The monoisotopic (exact) mass is 376 g/mol. The van der Waals surface area contributed by atoms with E-state index in [-0.39, 0.29) is 5.41 Å². The predicted molar refractivity (Wildman–Crippen MR) is 109 cm³/mol. The number of phenolic OH excluding ortho intramolecular Hbond substituents is 1. The minimum absolute atomic E-state index is 0.225. The van der Waals surface area contributed by atoms with Crippen LogP contribution in [-0.2, 0) is 18.3 Å². The predicted octanol–water partition coefficient (Wildman–Crippen LogP) is 4.55. The number of aryl methyl sites for hydroxylation is 3. The smallest absolute Gasteiger partial charge is 0.165 e. The Bertz CT molecular complexity index is 1000. The Morgan fingerprint density at radius 1 is 1.32 bits per heavy atom. The van der Waals surface area contributed by atoms with Crippen LogP contribution in [-0.4, -0.2) is 20.7 Å².